The van der Waals surface area contributed by atoms with Crippen LogP contribution in [0.25, 0.3) is 0 Å². The smallest absolute Gasteiger partial charge is 0.138 e. The molecule has 84 valence electrons. The highest BCUT2D eigenvalue weighted by Crippen LogP contribution is 2.22. The van der Waals surface area contributed by atoms with Gasteiger partial charge in [0.2, 0.25) is 0 Å². The molecule has 0 fully saturated rings. The third-order valence-corrected chi connectivity index (χ3v) is 3.39. The molecule has 1 rings (SSSR count). The van der Waals surface area contributed by atoms with Crippen molar-refractivity contribution >= 4 is 17.1 Å². The van der Waals surface area contributed by atoms with Crippen molar-refractivity contribution in [3.63, 3.8) is 0 Å². The topological polar surface area (TPSA) is 17.1 Å². The fraction of sp³-hybridized carbons (Fsp3) is 0.615. The van der Waals surface area contributed by atoms with E-state index < -0.39 is 0 Å². The van der Waals surface area contributed by atoms with E-state index in [1.165, 1.54) is 9.75 Å². The van der Waals surface area contributed by atoms with E-state index in [0.717, 1.165) is 6.42 Å². The van der Waals surface area contributed by atoms with Gasteiger partial charge in [0.05, 0.1) is 0 Å². The number of rotatable bonds is 4. The summed E-state index contributed by atoms with van der Waals surface area (Å²) in [5.41, 5.74) is 0.113. The van der Waals surface area contributed by atoms with E-state index >= 15 is 0 Å². The molecular weight excluding hydrogens is 204 g/mol. The quantitative estimate of drug-likeness (QED) is 0.759. The predicted octanol–water partition coefficient (Wildman–Crippen LogP) is 3.86. The molecule has 0 saturated heterocycles. The van der Waals surface area contributed by atoms with Gasteiger partial charge in [0.1, 0.15) is 5.78 Å². The van der Waals surface area contributed by atoms with Crippen molar-refractivity contribution in [1.29, 1.82) is 0 Å². The Bertz CT molecular complexity index is 331. The van der Waals surface area contributed by atoms with Crippen molar-refractivity contribution in [3.05, 3.63) is 21.9 Å². The van der Waals surface area contributed by atoms with Crippen LogP contribution in [0.5, 0.6) is 0 Å². The molecule has 1 aromatic heterocycles. The average molecular weight is 224 g/mol. The van der Waals surface area contributed by atoms with Gasteiger partial charge in [-0.1, -0.05) is 27.7 Å². The minimum atomic E-state index is 0.113. The highest BCUT2D eigenvalue weighted by Gasteiger charge is 2.16. The summed E-state index contributed by atoms with van der Waals surface area (Å²) < 4.78 is 0. The molecule has 0 aliphatic rings. The number of thiophene rings is 1. The maximum atomic E-state index is 11.7. The van der Waals surface area contributed by atoms with E-state index in [1.807, 2.05) is 0 Å². The molecule has 2 heteroatoms. The van der Waals surface area contributed by atoms with E-state index in [1.54, 1.807) is 11.3 Å². The molecule has 1 nitrogen and oxygen atoms in total. The van der Waals surface area contributed by atoms with Crippen LogP contribution in [0.1, 0.15) is 43.9 Å². The number of Topliss-reactive ketones (excluding diaryl/α,β-unsaturated/α-hetero) is 1. The van der Waals surface area contributed by atoms with Gasteiger partial charge >= 0.3 is 0 Å². The second-order valence-electron chi connectivity index (χ2n) is 5.17. The van der Waals surface area contributed by atoms with Crippen molar-refractivity contribution in [2.45, 2.75) is 47.0 Å². The first-order chi connectivity index (χ1) is 6.90. The molecule has 0 atom stereocenters. The molecule has 1 heterocycles. The van der Waals surface area contributed by atoms with Gasteiger partial charge in [0, 0.05) is 22.6 Å². The third-order valence-electron chi connectivity index (χ3n) is 2.16. The highest BCUT2D eigenvalue weighted by atomic mass is 32.1. The predicted molar refractivity (Wildman–Crippen MR) is 66.5 cm³/mol. The Morgan fingerprint density at radius 3 is 2.33 bits per heavy atom. The van der Waals surface area contributed by atoms with Crippen LogP contribution in [-0.4, -0.2) is 5.78 Å². The zero-order valence-electron chi connectivity index (χ0n) is 10.1. The molecule has 0 saturated carbocycles. The Morgan fingerprint density at radius 1 is 1.27 bits per heavy atom. The summed E-state index contributed by atoms with van der Waals surface area (Å²) in [5.74, 6) is 0.354. The molecule has 0 N–H and O–H groups in total. The van der Waals surface area contributed by atoms with Crippen LogP contribution in [0.15, 0.2) is 12.1 Å². The van der Waals surface area contributed by atoms with Crippen molar-refractivity contribution < 1.29 is 4.79 Å². The van der Waals surface area contributed by atoms with Gasteiger partial charge in [0.15, 0.2) is 0 Å². The highest BCUT2D eigenvalue weighted by molar-refractivity contribution is 7.12. The molecular formula is C13H20OS. The molecule has 1 aromatic rings. The summed E-state index contributed by atoms with van der Waals surface area (Å²) >= 11 is 1.77. The van der Waals surface area contributed by atoms with Crippen LogP contribution in [-0.2, 0) is 17.6 Å². The standard InChI is InChI=1S/C13H20OS/c1-5-11-6-7-12(15-11)8-10(14)9-13(2,3)4/h6-7H,5,8-9H2,1-4H3. The lowest BCUT2D eigenvalue weighted by Crippen LogP contribution is -2.14. The van der Waals surface area contributed by atoms with Crippen LogP contribution in [0.3, 0.4) is 0 Å². The lowest BCUT2D eigenvalue weighted by molar-refractivity contribution is -0.120. The summed E-state index contributed by atoms with van der Waals surface area (Å²) in [6.07, 6.45) is 2.35. The fourth-order valence-electron chi connectivity index (χ4n) is 1.56. The first-order valence-electron chi connectivity index (χ1n) is 5.50. The third kappa shape index (κ3) is 4.61. The zero-order chi connectivity index (χ0) is 11.5. The number of ketones is 1. The van der Waals surface area contributed by atoms with Crippen LogP contribution in [0, 0.1) is 5.41 Å². The number of aryl methyl sites for hydroxylation is 1. The van der Waals surface area contributed by atoms with Gasteiger partial charge in [-0.15, -0.1) is 11.3 Å². The monoisotopic (exact) mass is 224 g/mol. The van der Waals surface area contributed by atoms with E-state index in [9.17, 15) is 4.79 Å². The van der Waals surface area contributed by atoms with Gasteiger partial charge in [-0.25, -0.2) is 0 Å². The summed E-state index contributed by atoms with van der Waals surface area (Å²) in [6, 6.07) is 4.22. The van der Waals surface area contributed by atoms with E-state index in [-0.39, 0.29) is 5.41 Å². The Labute approximate surface area is 96.5 Å². The van der Waals surface area contributed by atoms with Crippen molar-refractivity contribution in [2.75, 3.05) is 0 Å². The normalized spacial score (nSPS) is 11.7. The molecule has 0 unspecified atom stereocenters. The van der Waals surface area contributed by atoms with Crippen molar-refractivity contribution in [2.24, 2.45) is 5.41 Å². The Morgan fingerprint density at radius 2 is 1.87 bits per heavy atom. The summed E-state index contributed by atoms with van der Waals surface area (Å²) in [7, 11) is 0. The van der Waals surface area contributed by atoms with Gasteiger partial charge in [0.25, 0.3) is 0 Å². The minimum absolute atomic E-state index is 0.113. The maximum absolute atomic E-state index is 11.7. The first-order valence-corrected chi connectivity index (χ1v) is 6.31. The molecule has 0 spiro atoms. The molecule has 0 amide bonds. The second kappa shape index (κ2) is 4.93. The van der Waals surface area contributed by atoms with Crippen LogP contribution in [0.4, 0.5) is 0 Å². The van der Waals surface area contributed by atoms with Crippen LogP contribution in [0.2, 0.25) is 0 Å². The summed E-state index contributed by atoms with van der Waals surface area (Å²) in [5, 5.41) is 0. The lowest BCUT2D eigenvalue weighted by atomic mass is 9.89. The van der Waals surface area contributed by atoms with Gasteiger partial charge in [-0.05, 0) is 24.0 Å². The summed E-state index contributed by atoms with van der Waals surface area (Å²) in [4.78, 5) is 14.3. The van der Waals surface area contributed by atoms with Crippen LogP contribution >= 0.6 is 11.3 Å². The van der Waals surface area contributed by atoms with Crippen molar-refractivity contribution in [3.8, 4) is 0 Å². The fourth-order valence-corrected chi connectivity index (χ4v) is 2.54. The van der Waals surface area contributed by atoms with Crippen molar-refractivity contribution in [1.82, 2.24) is 0 Å². The molecule has 15 heavy (non-hydrogen) atoms. The number of carbonyl (C=O) groups is 1. The van der Waals surface area contributed by atoms with E-state index in [4.69, 9.17) is 0 Å². The number of carbonyl (C=O) groups excluding carboxylic acids is 1. The maximum Gasteiger partial charge on any atom is 0.138 e. The molecule has 0 aliphatic heterocycles. The largest absolute Gasteiger partial charge is 0.299 e. The summed E-state index contributed by atoms with van der Waals surface area (Å²) in [6.45, 7) is 8.47. The molecule has 0 radical (unpaired) electrons. The van der Waals surface area contributed by atoms with Gasteiger partial charge in [-0.3, -0.25) is 4.79 Å². The average Bonchev–Trinajstić information content (AvgIpc) is 2.48. The molecule has 0 aliphatic carbocycles. The van der Waals surface area contributed by atoms with E-state index in [0.29, 0.717) is 18.6 Å². The Balaban J connectivity index is 2.51. The second-order valence-corrected chi connectivity index (χ2v) is 6.43. The van der Waals surface area contributed by atoms with Gasteiger partial charge in [-0.2, -0.15) is 0 Å². The Kier molecular flexibility index (Phi) is 4.09. The number of hydrogen-bond acceptors (Lipinski definition) is 2. The molecule has 0 bridgehead atoms. The lowest BCUT2D eigenvalue weighted by Gasteiger charge is -2.16. The Hall–Kier alpha value is -0.630. The zero-order valence-corrected chi connectivity index (χ0v) is 10.9. The van der Waals surface area contributed by atoms with Gasteiger partial charge < -0.3 is 0 Å². The first kappa shape index (κ1) is 12.4. The van der Waals surface area contributed by atoms with E-state index in [2.05, 4.69) is 39.8 Å². The SMILES string of the molecule is CCc1ccc(CC(=O)CC(C)(C)C)s1. The van der Waals surface area contributed by atoms with Crippen LogP contribution < -0.4 is 0 Å². The minimum Gasteiger partial charge on any atom is -0.299 e. The molecule has 0 aromatic carbocycles. The number of hydrogen-bond donors (Lipinski definition) is 0.